The zero-order valence-corrected chi connectivity index (χ0v) is 17.2. The second-order valence-electron chi connectivity index (χ2n) is 6.37. The molecule has 0 heterocycles. The summed E-state index contributed by atoms with van der Waals surface area (Å²) in [4.78, 5) is 0. The van der Waals surface area contributed by atoms with Gasteiger partial charge in [0.05, 0.1) is 12.3 Å². The topological polar surface area (TPSA) is 0 Å². The number of allylic oxidation sites excluding steroid dienone is 4. The zero-order valence-electron chi connectivity index (χ0n) is 13.8. The molecule has 0 aliphatic heterocycles. The van der Waals surface area contributed by atoms with Crippen molar-refractivity contribution in [2.24, 2.45) is 5.41 Å². The first-order valence-corrected chi connectivity index (χ1v) is 13.1. The summed E-state index contributed by atoms with van der Waals surface area (Å²) in [5.74, 6) is 0. The smallest absolute Gasteiger partial charge is 0.0767 e. The van der Waals surface area contributed by atoms with Crippen LogP contribution in [-0.2, 0) is 17.0 Å². The van der Waals surface area contributed by atoms with Crippen molar-refractivity contribution in [3.63, 3.8) is 0 Å². The molecule has 0 atom stereocenters. The van der Waals surface area contributed by atoms with Gasteiger partial charge in [0.15, 0.2) is 0 Å². The van der Waals surface area contributed by atoms with Gasteiger partial charge in [-0.3, -0.25) is 0 Å². The van der Waals surface area contributed by atoms with Gasteiger partial charge in [-0.25, -0.2) is 0 Å². The standard InChI is InChI=1S/C6H16P2.C5H5.C5H10.V/c1-7(2)5-6-8(3)4;1-2-4-5-3-1;1-5(2,3)4;/h5-6H2,1-4H3;1-5H;1H,2-4H3;/p+2. The average molecular weight is 338 g/mol. The van der Waals surface area contributed by atoms with Gasteiger partial charge in [0.2, 0.25) is 0 Å². The van der Waals surface area contributed by atoms with E-state index in [9.17, 15) is 0 Å². The van der Waals surface area contributed by atoms with Gasteiger partial charge in [-0.1, -0.05) is 24.3 Å². The van der Waals surface area contributed by atoms with E-state index in [1.54, 1.807) is 0 Å². The van der Waals surface area contributed by atoms with Crippen molar-refractivity contribution in [1.29, 1.82) is 0 Å². The molecule has 1 rings (SSSR count). The maximum absolute atomic E-state index is 2.47. The van der Waals surface area contributed by atoms with E-state index in [4.69, 9.17) is 0 Å². The van der Waals surface area contributed by atoms with Crippen LogP contribution in [0.15, 0.2) is 24.3 Å². The van der Waals surface area contributed by atoms with E-state index in [1.807, 2.05) is 30.7 Å². The molecule has 110 valence electrons. The fraction of sp³-hybridized carbons (Fsp3) is 0.625. The molecular formula is C16H33P2V+2. The van der Waals surface area contributed by atoms with Crippen LogP contribution in [0.4, 0.5) is 0 Å². The zero-order chi connectivity index (χ0) is 15.3. The van der Waals surface area contributed by atoms with Crippen LogP contribution in [-0.4, -0.2) is 43.7 Å². The molecule has 1 aliphatic rings. The summed E-state index contributed by atoms with van der Waals surface area (Å²) in [5.41, 5.74) is 0.389. The van der Waals surface area contributed by atoms with E-state index in [0.717, 1.165) is 0 Å². The number of hydrogen-bond donors (Lipinski definition) is 0. The van der Waals surface area contributed by atoms with Crippen molar-refractivity contribution in [2.75, 3.05) is 39.0 Å². The molecule has 0 spiro atoms. The van der Waals surface area contributed by atoms with E-state index in [-0.39, 0.29) is 15.8 Å². The molecular weight excluding hydrogens is 305 g/mol. The molecule has 0 saturated heterocycles. The van der Waals surface area contributed by atoms with E-state index < -0.39 is 0 Å². The molecule has 0 aromatic carbocycles. The van der Waals surface area contributed by atoms with Crippen molar-refractivity contribution in [3.8, 4) is 0 Å². The van der Waals surface area contributed by atoms with Crippen LogP contribution in [0, 0.1) is 11.8 Å². The third-order valence-corrected chi connectivity index (χ3v) is 6.28. The first-order chi connectivity index (χ1) is 8.69. The van der Waals surface area contributed by atoms with Crippen molar-refractivity contribution in [1.82, 2.24) is 0 Å². The number of hydrogen-bond acceptors (Lipinski definition) is 0. The second kappa shape index (κ2) is 13.8. The van der Waals surface area contributed by atoms with Crippen molar-refractivity contribution in [3.05, 3.63) is 30.7 Å². The fourth-order valence-corrected chi connectivity index (χ4v) is 4.82. The summed E-state index contributed by atoms with van der Waals surface area (Å²) in [7, 11) is 0.191. The predicted molar refractivity (Wildman–Crippen MR) is 98.2 cm³/mol. The van der Waals surface area contributed by atoms with Gasteiger partial charge in [0.1, 0.15) is 0 Å². The van der Waals surface area contributed by atoms with Crippen LogP contribution in [0.5, 0.6) is 0 Å². The Bertz CT molecular complexity index is 242. The monoisotopic (exact) mass is 338 g/mol. The summed E-state index contributed by atoms with van der Waals surface area (Å²) in [6.45, 7) is 16.1. The average Bonchev–Trinajstić information content (AvgIpc) is 2.85. The van der Waals surface area contributed by atoms with Crippen molar-refractivity contribution in [2.45, 2.75) is 20.8 Å². The van der Waals surface area contributed by atoms with Gasteiger partial charge < -0.3 is 0 Å². The Kier molecular flexibility index (Phi) is 16.0. The number of rotatable bonds is 3. The third kappa shape index (κ3) is 27.9. The minimum absolute atomic E-state index is 0.0957. The predicted octanol–water partition coefficient (Wildman–Crippen LogP) is 4.63. The summed E-state index contributed by atoms with van der Waals surface area (Å²) in [6, 6.07) is 0. The molecule has 0 fully saturated rings. The Morgan fingerprint density at radius 1 is 0.842 bits per heavy atom. The van der Waals surface area contributed by atoms with Gasteiger partial charge in [-0.05, 0) is 15.8 Å². The van der Waals surface area contributed by atoms with E-state index in [1.165, 1.54) is 12.3 Å². The van der Waals surface area contributed by atoms with E-state index >= 15 is 0 Å². The molecule has 19 heavy (non-hydrogen) atoms. The molecule has 0 amide bonds. The summed E-state index contributed by atoms with van der Waals surface area (Å²) in [5, 5.41) is 0. The summed E-state index contributed by atoms with van der Waals surface area (Å²) in [6.07, 6.45) is 13.1. The Morgan fingerprint density at radius 2 is 1.16 bits per heavy atom. The molecule has 0 saturated carbocycles. The van der Waals surface area contributed by atoms with Gasteiger partial charge >= 0.3 is 47.9 Å². The van der Waals surface area contributed by atoms with Crippen LogP contribution in [0.3, 0.4) is 0 Å². The minimum atomic E-state index is 0.0957. The second-order valence-corrected chi connectivity index (χ2v) is 12.6. The first-order valence-electron chi connectivity index (χ1n) is 6.92. The quantitative estimate of drug-likeness (QED) is 0.658. The molecule has 0 bridgehead atoms. The van der Waals surface area contributed by atoms with Crippen LogP contribution in [0.25, 0.3) is 0 Å². The van der Waals surface area contributed by atoms with Crippen LogP contribution in [0.1, 0.15) is 20.8 Å². The Morgan fingerprint density at radius 3 is 1.26 bits per heavy atom. The molecule has 0 N–H and O–H groups in total. The Hall–Kier alpha value is 0.794. The molecule has 0 unspecified atom stereocenters. The maximum Gasteiger partial charge on any atom is 0.0899 e. The largest absolute Gasteiger partial charge is 0.0899 e. The van der Waals surface area contributed by atoms with Gasteiger partial charge in [-0.15, -0.1) is 0 Å². The third-order valence-electron chi connectivity index (χ3n) is 2.07. The molecule has 1 radical (unpaired) electrons. The molecule has 0 nitrogen and oxygen atoms in total. The molecule has 0 aromatic rings. The summed E-state index contributed by atoms with van der Waals surface area (Å²) >= 11 is 2.47. The Balaban J connectivity index is 0. The van der Waals surface area contributed by atoms with Gasteiger partial charge in [0.25, 0.3) is 0 Å². The van der Waals surface area contributed by atoms with E-state index in [2.05, 4.69) is 69.1 Å². The minimum Gasteiger partial charge on any atom is -0.0767 e. The molecule has 0 aromatic heterocycles. The van der Waals surface area contributed by atoms with Crippen LogP contribution < -0.4 is 0 Å². The maximum atomic E-state index is 2.47. The summed E-state index contributed by atoms with van der Waals surface area (Å²) < 4.78 is 2.12. The Labute approximate surface area is 133 Å². The van der Waals surface area contributed by atoms with Crippen molar-refractivity contribution >= 4 is 20.6 Å². The van der Waals surface area contributed by atoms with Crippen LogP contribution >= 0.6 is 15.8 Å². The molecule has 3 heteroatoms. The van der Waals surface area contributed by atoms with Crippen LogP contribution in [0.2, 0.25) is 0 Å². The normalized spacial score (nSPS) is 12.8. The van der Waals surface area contributed by atoms with E-state index in [0.29, 0.717) is 5.41 Å². The first kappa shape index (κ1) is 22.1. The SMILES string of the molecule is CC(C)(C)[CH]=[V].C[PH+](C)CC[PH+](C)C.[CH]1C=CC=C1. The van der Waals surface area contributed by atoms with Gasteiger partial charge in [-0.2, -0.15) is 0 Å². The fourth-order valence-electron chi connectivity index (χ4n) is 0.821. The van der Waals surface area contributed by atoms with Crippen molar-refractivity contribution < 1.29 is 17.0 Å². The molecule has 1 aliphatic carbocycles. The van der Waals surface area contributed by atoms with Gasteiger partial charge in [0, 0.05) is 33.1 Å².